The van der Waals surface area contributed by atoms with Crippen LogP contribution in [0.3, 0.4) is 0 Å². The average Bonchev–Trinajstić information content (AvgIpc) is 3.39. The van der Waals surface area contributed by atoms with E-state index in [-0.39, 0.29) is 10.7 Å². The van der Waals surface area contributed by atoms with Gasteiger partial charge in [-0.15, -0.1) is 0 Å². The molecule has 0 unspecified atom stereocenters. The molecule has 6 rings (SSSR count). The van der Waals surface area contributed by atoms with Gasteiger partial charge in [0.05, 0.1) is 22.3 Å². The van der Waals surface area contributed by atoms with E-state index in [1.807, 2.05) is 30.3 Å². The summed E-state index contributed by atoms with van der Waals surface area (Å²) in [6.07, 6.45) is -1.14. The molecule has 4 aromatic rings. The lowest BCUT2D eigenvalue weighted by molar-refractivity contribution is -0.384. The summed E-state index contributed by atoms with van der Waals surface area (Å²) < 4.78 is 0. The number of hydroxylamine groups is 1. The highest BCUT2D eigenvalue weighted by Gasteiger charge is 2.60. The number of hydrogen-bond acceptors (Lipinski definition) is 6. The van der Waals surface area contributed by atoms with Crippen molar-refractivity contribution in [1.82, 2.24) is 0 Å². The number of nitro benzene ring substituents is 1. The second-order valence-corrected chi connectivity index (χ2v) is 9.65. The Bertz CT molecular complexity index is 1610. The molecule has 37 heavy (non-hydrogen) atoms. The van der Waals surface area contributed by atoms with Crippen LogP contribution in [-0.2, 0) is 14.4 Å². The number of nitrogens with zero attached hydrogens (tertiary/aromatic N) is 3. The van der Waals surface area contributed by atoms with Gasteiger partial charge in [0, 0.05) is 22.2 Å². The van der Waals surface area contributed by atoms with E-state index < -0.39 is 34.8 Å². The van der Waals surface area contributed by atoms with Crippen molar-refractivity contribution in [2.24, 2.45) is 5.92 Å². The second kappa shape index (κ2) is 8.85. The van der Waals surface area contributed by atoms with Crippen molar-refractivity contribution in [1.29, 1.82) is 0 Å². The number of benzene rings is 4. The zero-order valence-corrected chi connectivity index (χ0v) is 20.5. The van der Waals surface area contributed by atoms with Crippen LogP contribution in [0.25, 0.3) is 10.8 Å². The van der Waals surface area contributed by atoms with Crippen molar-refractivity contribution in [3.8, 4) is 0 Å². The minimum Gasteiger partial charge on any atom is -0.273 e. The van der Waals surface area contributed by atoms with Gasteiger partial charge in [-0.05, 0) is 46.7 Å². The highest BCUT2D eigenvalue weighted by atomic mass is 35.5. The number of carbonyl (C=O) groups is 2. The molecule has 0 N–H and O–H groups in total. The van der Waals surface area contributed by atoms with Gasteiger partial charge in [-0.1, -0.05) is 65.7 Å². The third-order valence-corrected chi connectivity index (χ3v) is 7.25. The number of hydrogen-bond donors (Lipinski definition) is 0. The lowest BCUT2D eigenvalue weighted by Crippen LogP contribution is -2.37. The first kappa shape index (κ1) is 23.4. The van der Waals surface area contributed by atoms with E-state index in [1.54, 1.807) is 36.4 Å². The molecule has 3 atom stereocenters. The lowest BCUT2D eigenvalue weighted by Gasteiger charge is -2.29. The third-order valence-electron chi connectivity index (χ3n) is 6.68. The van der Waals surface area contributed by atoms with Crippen LogP contribution in [0.15, 0.2) is 84.9 Å². The molecule has 2 aliphatic heterocycles. The first-order valence-corrected chi connectivity index (χ1v) is 12.1. The van der Waals surface area contributed by atoms with Crippen LogP contribution in [0.2, 0.25) is 10.0 Å². The summed E-state index contributed by atoms with van der Waals surface area (Å²) in [6, 6.07) is 22.8. The highest BCUT2D eigenvalue weighted by Crippen LogP contribution is 2.49. The number of fused-ring (bicyclic) bond motifs is 2. The Balaban J connectivity index is 1.45. The lowest BCUT2D eigenvalue weighted by atomic mass is 9.90. The Labute approximate surface area is 220 Å². The Hall–Kier alpha value is -3.98. The molecule has 2 heterocycles. The number of carbonyl (C=O) groups excluding carboxylic acids is 2. The van der Waals surface area contributed by atoms with Gasteiger partial charge in [0.15, 0.2) is 6.10 Å². The van der Waals surface area contributed by atoms with E-state index in [0.717, 1.165) is 15.7 Å². The zero-order chi connectivity index (χ0) is 25.8. The molecule has 0 radical (unpaired) electrons. The highest BCUT2D eigenvalue weighted by molar-refractivity contribution is 6.35. The van der Waals surface area contributed by atoms with Crippen LogP contribution >= 0.6 is 23.2 Å². The van der Waals surface area contributed by atoms with Crippen molar-refractivity contribution < 1.29 is 19.3 Å². The molecule has 184 valence electrons. The predicted molar refractivity (Wildman–Crippen MR) is 140 cm³/mol. The summed E-state index contributed by atoms with van der Waals surface area (Å²) in [5.74, 6) is -1.92. The van der Waals surface area contributed by atoms with Crippen LogP contribution in [-0.4, -0.2) is 22.8 Å². The van der Waals surface area contributed by atoms with Crippen molar-refractivity contribution in [3.63, 3.8) is 0 Å². The molecule has 2 aliphatic rings. The fraction of sp³-hybridized carbons (Fsp3) is 0.111. The van der Waals surface area contributed by atoms with Crippen LogP contribution < -0.4 is 9.96 Å². The van der Waals surface area contributed by atoms with Gasteiger partial charge in [0.25, 0.3) is 11.6 Å². The molecule has 0 aliphatic carbocycles. The van der Waals surface area contributed by atoms with E-state index in [4.69, 9.17) is 28.0 Å². The molecule has 8 nitrogen and oxygen atoms in total. The maximum absolute atomic E-state index is 13.9. The molecule has 4 aromatic carbocycles. The summed E-state index contributed by atoms with van der Waals surface area (Å²) in [5, 5.41) is 15.3. The van der Waals surface area contributed by atoms with Gasteiger partial charge in [0.1, 0.15) is 5.92 Å². The second-order valence-electron chi connectivity index (χ2n) is 8.81. The van der Waals surface area contributed by atoms with Gasteiger partial charge in [-0.2, -0.15) is 0 Å². The fourth-order valence-corrected chi connectivity index (χ4v) is 5.53. The van der Waals surface area contributed by atoms with Crippen molar-refractivity contribution in [3.05, 3.63) is 111 Å². The minimum atomic E-state index is -1.14. The SMILES string of the molecule is O=C1[C@@H]2[C@H](ON(c3cccc([N+](=O)[O-])c3)[C@H]2c2ccc(Cl)cc2Cl)C(=O)N1c1ccc2ccccc2c1. The largest absolute Gasteiger partial charge is 0.273 e. The average molecular weight is 534 g/mol. The molecule has 0 saturated carbocycles. The van der Waals surface area contributed by atoms with Crippen molar-refractivity contribution >= 4 is 62.9 Å². The molecule has 2 fully saturated rings. The zero-order valence-electron chi connectivity index (χ0n) is 19.0. The minimum absolute atomic E-state index is 0.158. The monoisotopic (exact) mass is 533 g/mol. The van der Waals surface area contributed by atoms with Gasteiger partial charge in [-0.25, -0.2) is 9.96 Å². The Morgan fingerprint density at radius 1 is 0.811 bits per heavy atom. The van der Waals surface area contributed by atoms with Gasteiger partial charge in [-0.3, -0.25) is 24.5 Å². The van der Waals surface area contributed by atoms with Gasteiger partial charge < -0.3 is 0 Å². The van der Waals surface area contributed by atoms with Crippen molar-refractivity contribution in [2.75, 3.05) is 9.96 Å². The van der Waals surface area contributed by atoms with E-state index in [9.17, 15) is 19.7 Å². The van der Waals surface area contributed by atoms with Crippen LogP contribution in [0.1, 0.15) is 11.6 Å². The van der Waals surface area contributed by atoms with E-state index in [2.05, 4.69) is 0 Å². The number of imide groups is 1. The Morgan fingerprint density at radius 2 is 1.59 bits per heavy atom. The fourth-order valence-electron chi connectivity index (χ4n) is 5.01. The molecule has 0 spiro atoms. The summed E-state index contributed by atoms with van der Waals surface area (Å²) in [4.78, 5) is 45.6. The van der Waals surface area contributed by atoms with Crippen LogP contribution in [0.5, 0.6) is 0 Å². The van der Waals surface area contributed by atoms with Crippen molar-refractivity contribution in [2.45, 2.75) is 12.1 Å². The predicted octanol–water partition coefficient (Wildman–Crippen LogP) is 6.11. The maximum atomic E-state index is 13.9. The van der Waals surface area contributed by atoms with E-state index in [1.165, 1.54) is 23.3 Å². The number of amides is 2. The summed E-state index contributed by atoms with van der Waals surface area (Å²) >= 11 is 12.7. The molecular formula is C27H17Cl2N3O5. The van der Waals surface area contributed by atoms with Gasteiger partial charge >= 0.3 is 0 Å². The summed E-state index contributed by atoms with van der Waals surface area (Å²) in [6.45, 7) is 0. The molecule has 0 aromatic heterocycles. The number of halogens is 2. The Morgan fingerprint density at radius 3 is 2.35 bits per heavy atom. The maximum Gasteiger partial charge on any atom is 0.271 e. The van der Waals surface area contributed by atoms with Gasteiger partial charge in [0.2, 0.25) is 5.91 Å². The summed E-state index contributed by atoms with van der Waals surface area (Å²) in [5.41, 5.74) is 1.10. The molecule has 2 saturated heterocycles. The first-order valence-electron chi connectivity index (χ1n) is 11.4. The number of rotatable bonds is 4. The van der Waals surface area contributed by atoms with Crippen LogP contribution in [0.4, 0.5) is 17.1 Å². The van der Waals surface area contributed by atoms with E-state index >= 15 is 0 Å². The molecule has 2 amide bonds. The first-order chi connectivity index (χ1) is 17.8. The molecule has 10 heteroatoms. The Kier molecular flexibility index (Phi) is 5.60. The molecule has 0 bridgehead atoms. The topological polar surface area (TPSA) is 93.0 Å². The van der Waals surface area contributed by atoms with E-state index in [0.29, 0.717) is 22.0 Å². The normalized spacial score (nSPS) is 21.1. The van der Waals surface area contributed by atoms with Crippen LogP contribution in [0, 0.1) is 16.0 Å². The smallest absolute Gasteiger partial charge is 0.271 e. The molecular weight excluding hydrogens is 517 g/mol. The quantitative estimate of drug-likeness (QED) is 0.178. The summed E-state index contributed by atoms with van der Waals surface area (Å²) in [7, 11) is 0. The third kappa shape index (κ3) is 3.81. The number of anilines is 2. The number of non-ortho nitro benzene ring substituents is 1. The number of nitro groups is 1. The standard InChI is InChI=1S/C27H17Cl2N3O5/c28-17-9-11-21(22(29)13-17)24-23-25(37-31(24)19-6-3-7-20(14-19)32(35)36)27(34)30(26(23)33)18-10-8-15-4-1-2-5-16(15)12-18/h1-14,23-25H/t23-,24-,25-/m0/s1.